The van der Waals surface area contributed by atoms with Crippen molar-refractivity contribution in [2.45, 2.75) is 38.5 Å². The third-order valence-electron chi connectivity index (χ3n) is 3.25. The first-order valence-corrected chi connectivity index (χ1v) is 6.33. The highest BCUT2D eigenvalue weighted by Gasteiger charge is 2.13. The largest absolute Gasteiger partial charge is 0.294 e. The van der Waals surface area contributed by atoms with E-state index in [1.54, 1.807) is 0 Å². The second-order valence-electron chi connectivity index (χ2n) is 4.68. The summed E-state index contributed by atoms with van der Waals surface area (Å²) in [6.45, 7) is 0. The van der Waals surface area contributed by atoms with Crippen molar-refractivity contribution in [2.75, 3.05) is 0 Å². The van der Waals surface area contributed by atoms with Gasteiger partial charge in [-0.2, -0.15) is 0 Å². The molecule has 0 amide bonds. The zero-order valence-corrected chi connectivity index (χ0v) is 10.2. The maximum atomic E-state index is 13.0. The molecule has 0 spiro atoms. The van der Waals surface area contributed by atoms with Gasteiger partial charge in [-0.15, -0.1) is 0 Å². The summed E-state index contributed by atoms with van der Waals surface area (Å²) in [5, 5.41) is 0. The van der Waals surface area contributed by atoms with E-state index in [2.05, 4.69) is 0 Å². The number of carbonyl (C=O) groups excluding carboxylic acids is 1. The molecule has 0 saturated heterocycles. The number of hydrogen-bond donors (Lipinski definition) is 0. The first kappa shape index (κ1) is 12.9. The Labute approximate surface area is 106 Å². The Morgan fingerprint density at radius 2 is 1.94 bits per heavy atom. The van der Waals surface area contributed by atoms with Crippen molar-refractivity contribution >= 4 is 5.78 Å². The van der Waals surface area contributed by atoms with E-state index >= 15 is 0 Å². The Bertz CT molecular complexity index is 477. The topological polar surface area (TPSA) is 17.1 Å². The minimum Gasteiger partial charge on any atom is -0.294 e. The summed E-state index contributed by atoms with van der Waals surface area (Å²) in [5.74, 6) is -1.74. The van der Waals surface area contributed by atoms with E-state index in [4.69, 9.17) is 0 Å². The lowest BCUT2D eigenvalue weighted by molar-refractivity contribution is -0.115. The van der Waals surface area contributed by atoms with Crippen LogP contribution < -0.4 is 0 Å². The van der Waals surface area contributed by atoms with Crippen molar-refractivity contribution in [3.8, 4) is 0 Å². The predicted octanol–water partition coefficient (Wildman–Crippen LogP) is 3.97. The second kappa shape index (κ2) is 5.89. The molecule has 0 radical (unpaired) electrons. The lowest BCUT2D eigenvalue weighted by Gasteiger charge is -2.05. The van der Waals surface area contributed by atoms with Gasteiger partial charge in [0.2, 0.25) is 0 Å². The summed E-state index contributed by atoms with van der Waals surface area (Å²) >= 11 is 0. The maximum Gasteiger partial charge on any atom is 0.162 e. The fraction of sp³-hybridized carbons (Fsp3) is 0.400. The summed E-state index contributed by atoms with van der Waals surface area (Å²) in [6, 6.07) is 3.64. The second-order valence-corrected chi connectivity index (χ2v) is 4.68. The van der Waals surface area contributed by atoms with Gasteiger partial charge in [-0.05, 0) is 49.0 Å². The minimum atomic E-state index is -0.893. The molecule has 0 aromatic heterocycles. The Hall–Kier alpha value is -1.51. The minimum absolute atomic E-state index is 0.0305. The van der Waals surface area contributed by atoms with E-state index in [-0.39, 0.29) is 12.2 Å². The first-order chi connectivity index (χ1) is 8.66. The fourth-order valence-corrected chi connectivity index (χ4v) is 2.22. The average Bonchev–Trinajstić information content (AvgIpc) is 2.62. The van der Waals surface area contributed by atoms with E-state index in [0.717, 1.165) is 49.8 Å². The van der Waals surface area contributed by atoms with Crippen molar-refractivity contribution in [3.05, 3.63) is 47.0 Å². The molecule has 1 nitrogen and oxygen atoms in total. The first-order valence-electron chi connectivity index (χ1n) is 6.33. The molecule has 0 atom stereocenters. The van der Waals surface area contributed by atoms with E-state index in [0.29, 0.717) is 5.56 Å². The summed E-state index contributed by atoms with van der Waals surface area (Å²) in [5.41, 5.74) is 1.38. The SMILES string of the molecule is O=C(Cc1ccc(F)c(F)c1)C1=CCCCCC1. The number of allylic oxidation sites excluding steroid dienone is 2. The quantitative estimate of drug-likeness (QED) is 0.793. The van der Waals surface area contributed by atoms with Crippen LogP contribution in [0.2, 0.25) is 0 Å². The summed E-state index contributed by atoms with van der Waals surface area (Å²) in [7, 11) is 0. The van der Waals surface area contributed by atoms with Crippen LogP contribution in [0.15, 0.2) is 29.8 Å². The molecule has 3 heteroatoms. The molecule has 0 bridgehead atoms. The van der Waals surface area contributed by atoms with E-state index < -0.39 is 11.6 Å². The summed E-state index contributed by atoms with van der Waals surface area (Å²) in [6.07, 6.45) is 7.22. The number of rotatable bonds is 3. The smallest absolute Gasteiger partial charge is 0.162 e. The molecule has 1 aliphatic rings. The number of Topliss-reactive ketones (excluding diaryl/α,β-unsaturated/α-hetero) is 1. The normalized spacial score (nSPS) is 16.0. The van der Waals surface area contributed by atoms with E-state index in [1.165, 1.54) is 6.07 Å². The van der Waals surface area contributed by atoms with Crippen LogP contribution in [0.5, 0.6) is 0 Å². The van der Waals surface area contributed by atoms with Crippen LogP contribution in [0.1, 0.15) is 37.7 Å². The number of ketones is 1. The Morgan fingerprint density at radius 3 is 2.72 bits per heavy atom. The molecule has 0 unspecified atom stereocenters. The third-order valence-corrected chi connectivity index (χ3v) is 3.25. The molecule has 2 rings (SSSR count). The molecule has 1 aromatic rings. The van der Waals surface area contributed by atoms with Crippen molar-refractivity contribution < 1.29 is 13.6 Å². The lowest BCUT2D eigenvalue weighted by Crippen LogP contribution is -2.07. The number of benzene rings is 1. The molecule has 96 valence electrons. The average molecular weight is 250 g/mol. The van der Waals surface area contributed by atoms with Gasteiger partial charge in [-0.25, -0.2) is 8.78 Å². The maximum absolute atomic E-state index is 13.0. The highest BCUT2D eigenvalue weighted by molar-refractivity contribution is 5.96. The Morgan fingerprint density at radius 1 is 1.11 bits per heavy atom. The molecule has 18 heavy (non-hydrogen) atoms. The molecule has 0 heterocycles. The van der Waals surface area contributed by atoms with Crippen molar-refractivity contribution in [3.63, 3.8) is 0 Å². The predicted molar refractivity (Wildman–Crippen MR) is 66.2 cm³/mol. The van der Waals surface area contributed by atoms with Crippen LogP contribution >= 0.6 is 0 Å². The molecule has 1 aliphatic carbocycles. The van der Waals surface area contributed by atoms with Gasteiger partial charge in [-0.3, -0.25) is 4.79 Å². The monoisotopic (exact) mass is 250 g/mol. The molecule has 0 fully saturated rings. The van der Waals surface area contributed by atoms with Crippen LogP contribution in [0.25, 0.3) is 0 Å². The summed E-state index contributed by atoms with van der Waals surface area (Å²) < 4.78 is 25.8. The Balaban J connectivity index is 2.06. The lowest BCUT2D eigenvalue weighted by atomic mass is 9.99. The van der Waals surface area contributed by atoms with Gasteiger partial charge in [0.1, 0.15) is 0 Å². The van der Waals surface area contributed by atoms with Crippen LogP contribution in [0.3, 0.4) is 0 Å². The van der Waals surface area contributed by atoms with Gasteiger partial charge >= 0.3 is 0 Å². The zero-order chi connectivity index (χ0) is 13.0. The van der Waals surface area contributed by atoms with Gasteiger partial charge < -0.3 is 0 Å². The number of halogens is 2. The van der Waals surface area contributed by atoms with Gasteiger partial charge in [0.05, 0.1) is 0 Å². The van der Waals surface area contributed by atoms with Gasteiger partial charge in [-0.1, -0.05) is 18.6 Å². The number of carbonyl (C=O) groups is 1. The Kier molecular flexibility index (Phi) is 4.24. The van der Waals surface area contributed by atoms with Gasteiger partial charge in [0.15, 0.2) is 17.4 Å². The number of hydrogen-bond acceptors (Lipinski definition) is 1. The molecule has 1 aromatic carbocycles. The van der Waals surface area contributed by atoms with Crippen LogP contribution in [0.4, 0.5) is 8.78 Å². The van der Waals surface area contributed by atoms with Crippen LogP contribution in [0, 0.1) is 11.6 Å². The van der Waals surface area contributed by atoms with Crippen molar-refractivity contribution in [2.24, 2.45) is 0 Å². The molecule has 0 N–H and O–H groups in total. The highest BCUT2D eigenvalue weighted by atomic mass is 19.2. The summed E-state index contributed by atoms with van der Waals surface area (Å²) in [4.78, 5) is 12.0. The van der Waals surface area contributed by atoms with E-state index in [9.17, 15) is 13.6 Å². The van der Waals surface area contributed by atoms with Gasteiger partial charge in [0.25, 0.3) is 0 Å². The molecular weight excluding hydrogens is 234 g/mol. The fourth-order valence-electron chi connectivity index (χ4n) is 2.22. The third kappa shape index (κ3) is 3.25. The van der Waals surface area contributed by atoms with Crippen LogP contribution in [-0.2, 0) is 11.2 Å². The standard InChI is InChI=1S/C15H16F2O/c16-13-8-7-11(9-14(13)17)10-15(18)12-5-3-1-2-4-6-12/h5,7-9H,1-4,6,10H2. The van der Waals surface area contributed by atoms with E-state index in [1.807, 2.05) is 6.08 Å². The van der Waals surface area contributed by atoms with Crippen LogP contribution in [-0.4, -0.2) is 5.78 Å². The van der Waals surface area contributed by atoms with Gasteiger partial charge in [0, 0.05) is 6.42 Å². The van der Waals surface area contributed by atoms with Crippen molar-refractivity contribution in [1.82, 2.24) is 0 Å². The molecule has 0 saturated carbocycles. The highest BCUT2D eigenvalue weighted by Crippen LogP contribution is 2.19. The van der Waals surface area contributed by atoms with Crippen molar-refractivity contribution in [1.29, 1.82) is 0 Å². The molecular formula is C15H16F2O. The zero-order valence-electron chi connectivity index (χ0n) is 10.2. The molecule has 0 aliphatic heterocycles.